The molecule has 1 aromatic carbocycles. The molecule has 0 spiro atoms. The normalized spacial score (nSPS) is 23.4. The third kappa shape index (κ3) is 3.03. The highest BCUT2D eigenvalue weighted by Gasteiger charge is 2.26. The number of nitrogens with one attached hydrogen (secondary N) is 1. The van der Waals surface area contributed by atoms with Crippen LogP contribution in [-0.2, 0) is 9.53 Å². The summed E-state index contributed by atoms with van der Waals surface area (Å²) < 4.78 is 4.80. The zero-order chi connectivity index (χ0) is 13.0. The molecule has 0 atom stereocenters. The van der Waals surface area contributed by atoms with Crippen molar-refractivity contribution in [1.29, 1.82) is 0 Å². The van der Waals surface area contributed by atoms with Crippen LogP contribution in [0.5, 0.6) is 0 Å². The minimum atomic E-state index is -0.0515. The molecule has 3 nitrogen and oxygen atoms in total. The molecule has 3 heteroatoms. The van der Waals surface area contributed by atoms with Crippen LogP contribution in [0.3, 0.4) is 0 Å². The molecule has 0 heterocycles. The van der Waals surface area contributed by atoms with E-state index in [0.29, 0.717) is 6.04 Å². The van der Waals surface area contributed by atoms with Gasteiger partial charge in [0.2, 0.25) is 0 Å². The van der Waals surface area contributed by atoms with Gasteiger partial charge in [-0.25, -0.2) is 0 Å². The number of aryl methyl sites for hydroxylation is 1. The van der Waals surface area contributed by atoms with Crippen molar-refractivity contribution in [3.8, 4) is 0 Å². The van der Waals surface area contributed by atoms with Gasteiger partial charge in [-0.3, -0.25) is 4.79 Å². The topological polar surface area (TPSA) is 38.3 Å². The average Bonchev–Trinajstić information content (AvgIpc) is 2.41. The molecule has 0 amide bonds. The molecule has 0 radical (unpaired) electrons. The van der Waals surface area contributed by atoms with Crippen molar-refractivity contribution in [3.63, 3.8) is 0 Å². The number of esters is 1. The summed E-state index contributed by atoms with van der Waals surface area (Å²) in [4.78, 5) is 11.4. The predicted molar refractivity (Wildman–Crippen MR) is 72.6 cm³/mol. The molecule has 2 rings (SSSR count). The van der Waals surface area contributed by atoms with Crippen LogP contribution in [0.2, 0.25) is 0 Å². The van der Waals surface area contributed by atoms with Gasteiger partial charge in [0.25, 0.3) is 0 Å². The lowest BCUT2D eigenvalue weighted by Crippen LogP contribution is -2.30. The van der Waals surface area contributed by atoms with Gasteiger partial charge in [0, 0.05) is 11.7 Å². The fourth-order valence-corrected chi connectivity index (χ4v) is 2.59. The largest absolute Gasteiger partial charge is 0.469 e. The van der Waals surface area contributed by atoms with Crippen LogP contribution in [0.15, 0.2) is 24.3 Å². The first-order chi connectivity index (χ1) is 8.70. The summed E-state index contributed by atoms with van der Waals surface area (Å²) in [6, 6.07) is 8.81. The highest BCUT2D eigenvalue weighted by molar-refractivity contribution is 5.72. The highest BCUT2D eigenvalue weighted by Crippen LogP contribution is 2.28. The van der Waals surface area contributed by atoms with E-state index in [1.54, 1.807) is 0 Å². The molecule has 1 N–H and O–H groups in total. The molecule has 0 saturated heterocycles. The Morgan fingerprint density at radius 2 is 1.89 bits per heavy atom. The summed E-state index contributed by atoms with van der Waals surface area (Å²) in [5, 5.41) is 3.57. The minimum absolute atomic E-state index is 0.0515. The maximum atomic E-state index is 11.4. The van der Waals surface area contributed by atoms with Crippen molar-refractivity contribution in [2.24, 2.45) is 5.92 Å². The number of carbonyl (C=O) groups is 1. The Balaban J connectivity index is 1.87. The Kier molecular flexibility index (Phi) is 4.24. The molecule has 98 valence electrons. The Morgan fingerprint density at radius 1 is 1.22 bits per heavy atom. The van der Waals surface area contributed by atoms with E-state index in [1.165, 1.54) is 18.4 Å². The van der Waals surface area contributed by atoms with E-state index in [0.717, 1.165) is 25.7 Å². The number of carbonyl (C=O) groups excluding carboxylic acids is 1. The quantitative estimate of drug-likeness (QED) is 0.834. The molecule has 1 fully saturated rings. The van der Waals surface area contributed by atoms with Crippen LogP contribution in [0.4, 0.5) is 5.69 Å². The monoisotopic (exact) mass is 247 g/mol. The van der Waals surface area contributed by atoms with Crippen LogP contribution in [-0.4, -0.2) is 19.1 Å². The molecular weight excluding hydrogens is 226 g/mol. The van der Waals surface area contributed by atoms with E-state index in [4.69, 9.17) is 4.74 Å². The SMILES string of the molecule is COC(=O)C1CCC(Nc2ccccc2C)CC1. The molecule has 0 aromatic heterocycles. The molecule has 0 aliphatic heterocycles. The second-order valence-corrected chi connectivity index (χ2v) is 5.03. The van der Waals surface area contributed by atoms with Gasteiger partial charge in [-0.05, 0) is 44.2 Å². The lowest BCUT2D eigenvalue weighted by atomic mass is 9.86. The molecule has 0 unspecified atom stereocenters. The summed E-state index contributed by atoms with van der Waals surface area (Å²) in [5.41, 5.74) is 2.48. The van der Waals surface area contributed by atoms with Crippen molar-refractivity contribution >= 4 is 11.7 Å². The third-order valence-corrected chi connectivity index (χ3v) is 3.77. The van der Waals surface area contributed by atoms with Gasteiger partial charge in [0.1, 0.15) is 0 Å². The van der Waals surface area contributed by atoms with Crippen LogP contribution in [0.1, 0.15) is 31.2 Å². The van der Waals surface area contributed by atoms with E-state index in [-0.39, 0.29) is 11.9 Å². The van der Waals surface area contributed by atoms with E-state index in [1.807, 2.05) is 0 Å². The molecule has 1 aliphatic carbocycles. The fourth-order valence-electron chi connectivity index (χ4n) is 2.59. The maximum Gasteiger partial charge on any atom is 0.308 e. The Bertz CT molecular complexity index is 409. The molecule has 0 bridgehead atoms. The second kappa shape index (κ2) is 5.89. The zero-order valence-corrected chi connectivity index (χ0v) is 11.1. The van der Waals surface area contributed by atoms with Crippen molar-refractivity contribution in [2.75, 3.05) is 12.4 Å². The van der Waals surface area contributed by atoms with Crippen molar-refractivity contribution in [3.05, 3.63) is 29.8 Å². The van der Waals surface area contributed by atoms with Crippen molar-refractivity contribution in [2.45, 2.75) is 38.6 Å². The standard InChI is InChI=1S/C15H21NO2/c1-11-5-3-4-6-14(11)16-13-9-7-12(8-10-13)15(17)18-2/h3-6,12-13,16H,7-10H2,1-2H3. The number of para-hydroxylation sites is 1. The van der Waals surface area contributed by atoms with Gasteiger partial charge in [-0.1, -0.05) is 18.2 Å². The number of hydrogen-bond donors (Lipinski definition) is 1. The summed E-state index contributed by atoms with van der Waals surface area (Å²) >= 11 is 0. The van der Waals surface area contributed by atoms with Crippen molar-refractivity contribution in [1.82, 2.24) is 0 Å². The smallest absolute Gasteiger partial charge is 0.308 e. The van der Waals surface area contributed by atoms with Gasteiger partial charge >= 0.3 is 5.97 Å². The molecule has 1 saturated carbocycles. The molecule has 18 heavy (non-hydrogen) atoms. The van der Waals surface area contributed by atoms with E-state index >= 15 is 0 Å². The third-order valence-electron chi connectivity index (χ3n) is 3.77. The Hall–Kier alpha value is -1.51. The Labute approximate surface area is 109 Å². The van der Waals surface area contributed by atoms with Gasteiger partial charge in [-0.15, -0.1) is 0 Å². The summed E-state index contributed by atoms with van der Waals surface area (Å²) in [5.74, 6) is 0.0502. The molecule has 1 aliphatic rings. The molecule has 1 aromatic rings. The van der Waals surface area contributed by atoms with Gasteiger partial charge < -0.3 is 10.1 Å². The lowest BCUT2D eigenvalue weighted by molar-refractivity contribution is -0.146. The number of rotatable bonds is 3. The van der Waals surface area contributed by atoms with Crippen LogP contribution < -0.4 is 5.32 Å². The number of methoxy groups -OCH3 is 1. The number of hydrogen-bond acceptors (Lipinski definition) is 3. The highest BCUT2D eigenvalue weighted by atomic mass is 16.5. The predicted octanol–water partition coefficient (Wildman–Crippen LogP) is 3.14. The lowest BCUT2D eigenvalue weighted by Gasteiger charge is -2.28. The maximum absolute atomic E-state index is 11.4. The van der Waals surface area contributed by atoms with Crippen LogP contribution in [0.25, 0.3) is 0 Å². The fraction of sp³-hybridized carbons (Fsp3) is 0.533. The van der Waals surface area contributed by atoms with E-state index < -0.39 is 0 Å². The Morgan fingerprint density at radius 3 is 2.50 bits per heavy atom. The number of benzene rings is 1. The van der Waals surface area contributed by atoms with Gasteiger partial charge in [-0.2, -0.15) is 0 Å². The van der Waals surface area contributed by atoms with Crippen LogP contribution >= 0.6 is 0 Å². The summed E-state index contributed by atoms with van der Waals surface area (Å²) in [7, 11) is 1.47. The first-order valence-corrected chi connectivity index (χ1v) is 6.60. The van der Waals surface area contributed by atoms with Gasteiger partial charge in [0.15, 0.2) is 0 Å². The number of anilines is 1. The summed E-state index contributed by atoms with van der Waals surface area (Å²) in [6.07, 6.45) is 3.93. The van der Waals surface area contributed by atoms with Gasteiger partial charge in [0.05, 0.1) is 13.0 Å². The minimum Gasteiger partial charge on any atom is -0.469 e. The first kappa shape index (κ1) is 12.9. The van der Waals surface area contributed by atoms with E-state index in [2.05, 4.69) is 36.5 Å². The average molecular weight is 247 g/mol. The summed E-state index contributed by atoms with van der Waals surface area (Å²) in [6.45, 7) is 2.11. The molecular formula is C15H21NO2. The van der Waals surface area contributed by atoms with Crippen molar-refractivity contribution < 1.29 is 9.53 Å². The van der Waals surface area contributed by atoms with E-state index in [9.17, 15) is 4.79 Å². The second-order valence-electron chi connectivity index (χ2n) is 5.03. The van der Waals surface area contributed by atoms with Crippen LogP contribution in [0, 0.1) is 12.8 Å². The first-order valence-electron chi connectivity index (χ1n) is 6.60. The number of ether oxygens (including phenoxy) is 1. The zero-order valence-electron chi connectivity index (χ0n) is 11.1.